The molecular weight excluding hydrogens is 228 g/mol. The second-order valence-electron chi connectivity index (χ2n) is 6.37. The first-order chi connectivity index (χ1) is 8.98. The maximum Gasteiger partial charge on any atom is -0.00732 e. The molecule has 0 aromatic heterocycles. The number of benzene rings is 3. The summed E-state index contributed by atoms with van der Waals surface area (Å²) >= 11 is 0. The molecule has 3 rings (SSSR count). The Labute approximate surface area is 115 Å². The Bertz CT molecular complexity index is 758. The number of aryl methyl sites for hydroxylation is 1. The Morgan fingerprint density at radius 1 is 0.737 bits per heavy atom. The lowest BCUT2D eigenvalue weighted by Gasteiger charge is -2.23. The maximum atomic E-state index is 2.28. The van der Waals surface area contributed by atoms with Crippen LogP contribution in [0, 0.1) is 6.92 Å². The zero-order valence-electron chi connectivity index (χ0n) is 12.1. The average molecular weight is 248 g/mol. The van der Waals surface area contributed by atoms with Crippen LogP contribution in [0.1, 0.15) is 31.9 Å². The van der Waals surface area contributed by atoms with Gasteiger partial charge in [-0.3, -0.25) is 0 Å². The summed E-state index contributed by atoms with van der Waals surface area (Å²) < 4.78 is 0. The van der Waals surface area contributed by atoms with Crippen molar-refractivity contribution >= 4 is 21.5 Å². The molecule has 0 heteroatoms. The van der Waals surface area contributed by atoms with Crippen molar-refractivity contribution in [3.05, 3.63) is 59.7 Å². The predicted molar refractivity (Wildman–Crippen MR) is 84.9 cm³/mol. The van der Waals surface area contributed by atoms with Gasteiger partial charge in [-0.15, -0.1) is 0 Å². The van der Waals surface area contributed by atoms with E-state index in [2.05, 4.69) is 76.2 Å². The summed E-state index contributed by atoms with van der Waals surface area (Å²) in [5.74, 6) is 0. The summed E-state index contributed by atoms with van der Waals surface area (Å²) in [5, 5.41) is 5.43. The van der Waals surface area contributed by atoms with Crippen LogP contribution in [0.25, 0.3) is 21.5 Å². The van der Waals surface area contributed by atoms with Gasteiger partial charge >= 0.3 is 0 Å². The minimum Gasteiger partial charge on any atom is -0.0616 e. The summed E-state index contributed by atoms with van der Waals surface area (Å²) in [5.41, 5.74) is 3.05. The minimum absolute atomic E-state index is 0.190. The Balaban J connectivity index is 2.50. The topological polar surface area (TPSA) is 0 Å². The molecule has 19 heavy (non-hydrogen) atoms. The van der Waals surface area contributed by atoms with E-state index in [-0.39, 0.29) is 5.41 Å². The Morgan fingerprint density at radius 2 is 1.37 bits per heavy atom. The quantitative estimate of drug-likeness (QED) is 0.454. The van der Waals surface area contributed by atoms with Crippen molar-refractivity contribution in [1.29, 1.82) is 0 Å². The van der Waals surface area contributed by atoms with Gasteiger partial charge in [0.25, 0.3) is 0 Å². The third kappa shape index (κ3) is 1.92. The van der Waals surface area contributed by atoms with Crippen LogP contribution in [0.5, 0.6) is 0 Å². The third-order valence-electron chi connectivity index (χ3n) is 3.98. The zero-order valence-corrected chi connectivity index (χ0v) is 12.1. The maximum absolute atomic E-state index is 2.28. The van der Waals surface area contributed by atoms with E-state index in [4.69, 9.17) is 0 Å². The Morgan fingerprint density at radius 3 is 2.11 bits per heavy atom. The van der Waals surface area contributed by atoms with Crippen LogP contribution in [0.3, 0.4) is 0 Å². The van der Waals surface area contributed by atoms with Crippen molar-refractivity contribution in [2.75, 3.05) is 0 Å². The monoisotopic (exact) mass is 248 g/mol. The van der Waals surface area contributed by atoms with E-state index < -0.39 is 0 Å². The fraction of sp³-hybridized carbons (Fsp3) is 0.263. The first-order valence-corrected chi connectivity index (χ1v) is 6.90. The van der Waals surface area contributed by atoms with Gasteiger partial charge in [0, 0.05) is 0 Å². The van der Waals surface area contributed by atoms with Gasteiger partial charge in [0.1, 0.15) is 0 Å². The number of fused-ring (bicyclic) bond motifs is 3. The van der Waals surface area contributed by atoms with Gasteiger partial charge in [-0.2, -0.15) is 0 Å². The van der Waals surface area contributed by atoms with Crippen LogP contribution in [0.15, 0.2) is 48.5 Å². The summed E-state index contributed by atoms with van der Waals surface area (Å²) in [6, 6.07) is 17.7. The largest absolute Gasteiger partial charge is 0.0616 e. The molecule has 0 unspecified atom stereocenters. The molecule has 0 N–H and O–H groups in total. The van der Waals surface area contributed by atoms with Crippen LogP contribution < -0.4 is 0 Å². The van der Waals surface area contributed by atoms with Gasteiger partial charge in [0.2, 0.25) is 0 Å². The van der Waals surface area contributed by atoms with E-state index in [1.165, 1.54) is 32.7 Å². The molecule has 3 aromatic carbocycles. The SMILES string of the molecule is Cc1c(C(C)(C)C)ccc2ccc3ccccc3c12. The van der Waals surface area contributed by atoms with E-state index in [0.29, 0.717) is 0 Å². The smallest absolute Gasteiger partial charge is 0.00732 e. The van der Waals surface area contributed by atoms with Crippen LogP contribution in [0.2, 0.25) is 0 Å². The molecule has 0 spiro atoms. The van der Waals surface area contributed by atoms with E-state index in [1.807, 2.05) is 0 Å². The minimum atomic E-state index is 0.190. The molecule has 0 nitrogen and oxygen atoms in total. The molecule has 0 saturated heterocycles. The number of hydrogen-bond donors (Lipinski definition) is 0. The molecule has 96 valence electrons. The summed E-state index contributed by atoms with van der Waals surface area (Å²) in [6.45, 7) is 9.11. The average Bonchev–Trinajstić information content (AvgIpc) is 2.37. The molecule has 0 radical (unpaired) electrons. The van der Waals surface area contributed by atoms with E-state index in [9.17, 15) is 0 Å². The van der Waals surface area contributed by atoms with Gasteiger partial charge in [0.15, 0.2) is 0 Å². The van der Waals surface area contributed by atoms with Crippen molar-refractivity contribution < 1.29 is 0 Å². The van der Waals surface area contributed by atoms with Crippen molar-refractivity contribution in [3.8, 4) is 0 Å². The highest BCUT2D eigenvalue weighted by Gasteiger charge is 2.18. The zero-order chi connectivity index (χ0) is 13.6. The summed E-state index contributed by atoms with van der Waals surface area (Å²) in [6.07, 6.45) is 0. The molecule has 0 bridgehead atoms. The van der Waals surface area contributed by atoms with Gasteiger partial charge < -0.3 is 0 Å². The highest BCUT2D eigenvalue weighted by atomic mass is 14.2. The first-order valence-electron chi connectivity index (χ1n) is 6.90. The fourth-order valence-electron chi connectivity index (χ4n) is 3.09. The predicted octanol–water partition coefficient (Wildman–Crippen LogP) is 5.60. The molecule has 0 saturated carbocycles. The highest BCUT2D eigenvalue weighted by Crippen LogP contribution is 2.34. The van der Waals surface area contributed by atoms with Crippen LogP contribution in [0.4, 0.5) is 0 Å². The molecule has 0 aliphatic heterocycles. The van der Waals surface area contributed by atoms with E-state index >= 15 is 0 Å². The summed E-state index contributed by atoms with van der Waals surface area (Å²) in [4.78, 5) is 0. The number of hydrogen-bond acceptors (Lipinski definition) is 0. The first kappa shape index (κ1) is 12.2. The molecule has 0 aliphatic carbocycles. The van der Waals surface area contributed by atoms with Crippen molar-refractivity contribution in [1.82, 2.24) is 0 Å². The lowest BCUT2D eigenvalue weighted by Crippen LogP contribution is -2.13. The normalized spacial score (nSPS) is 12.2. The fourth-order valence-corrected chi connectivity index (χ4v) is 3.09. The van der Waals surface area contributed by atoms with Gasteiger partial charge in [-0.1, -0.05) is 69.3 Å². The molecule has 0 atom stereocenters. The third-order valence-corrected chi connectivity index (χ3v) is 3.98. The van der Waals surface area contributed by atoms with Crippen LogP contribution in [-0.4, -0.2) is 0 Å². The van der Waals surface area contributed by atoms with Crippen molar-refractivity contribution in [2.45, 2.75) is 33.1 Å². The lowest BCUT2D eigenvalue weighted by atomic mass is 9.81. The molecular formula is C19H20. The molecule has 0 amide bonds. The molecule has 0 fully saturated rings. The van der Waals surface area contributed by atoms with Crippen LogP contribution >= 0.6 is 0 Å². The van der Waals surface area contributed by atoms with Crippen LogP contribution in [-0.2, 0) is 5.41 Å². The van der Waals surface area contributed by atoms with E-state index in [1.54, 1.807) is 0 Å². The molecule has 3 aromatic rings. The van der Waals surface area contributed by atoms with Gasteiger partial charge in [-0.25, -0.2) is 0 Å². The van der Waals surface area contributed by atoms with E-state index in [0.717, 1.165) is 0 Å². The Hall–Kier alpha value is -1.82. The Kier molecular flexibility index (Phi) is 2.63. The van der Waals surface area contributed by atoms with Crippen molar-refractivity contribution in [2.24, 2.45) is 0 Å². The van der Waals surface area contributed by atoms with Gasteiger partial charge in [0.05, 0.1) is 0 Å². The van der Waals surface area contributed by atoms with Gasteiger partial charge in [-0.05, 0) is 45.0 Å². The summed E-state index contributed by atoms with van der Waals surface area (Å²) in [7, 11) is 0. The molecule has 0 heterocycles. The standard InChI is InChI=1S/C19H20/c1-13-17(19(2,3)4)12-11-15-10-9-14-7-5-6-8-16(14)18(13)15/h5-12H,1-4H3. The highest BCUT2D eigenvalue weighted by molar-refractivity contribution is 6.09. The lowest BCUT2D eigenvalue weighted by molar-refractivity contribution is 0.587. The second-order valence-corrected chi connectivity index (χ2v) is 6.37. The molecule has 0 aliphatic rings. The van der Waals surface area contributed by atoms with Crippen molar-refractivity contribution in [3.63, 3.8) is 0 Å². The number of rotatable bonds is 0. The second kappa shape index (κ2) is 4.09.